The van der Waals surface area contributed by atoms with Crippen molar-refractivity contribution in [3.8, 4) is 22.9 Å². The Bertz CT molecular complexity index is 994. The van der Waals surface area contributed by atoms with Crippen LogP contribution in [0.1, 0.15) is 141 Å². The lowest BCUT2D eigenvalue weighted by molar-refractivity contribution is -0.134. The summed E-state index contributed by atoms with van der Waals surface area (Å²) < 4.78 is 5.54. The van der Waals surface area contributed by atoms with E-state index in [1.54, 1.807) is 0 Å². The van der Waals surface area contributed by atoms with E-state index in [9.17, 15) is 10.1 Å². The number of benzene rings is 2. The molecule has 2 aromatic rings. The second kappa shape index (κ2) is 17.2. The summed E-state index contributed by atoms with van der Waals surface area (Å²) in [6, 6.07) is 19.5. The van der Waals surface area contributed by atoms with Crippen molar-refractivity contribution in [3.05, 3.63) is 54.1 Å². The molecule has 2 aromatic carbocycles. The molecule has 0 bridgehead atoms. The zero-order chi connectivity index (χ0) is 27.8. The van der Waals surface area contributed by atoms with Crippen LogP contribution >= 0.6 is 0 Å². The second-order valence-corrected chi connectivity index (χ2v) is 11.8. The van der Waals surface area contributed by atoms with E-state index in [2.05, 4.69) is 44.2 Å². The van der Waals surface area contributed by atoms with E-state index in [1.165, 1.54) is 75.3 Å². The molecule has 1 saturated carbocycles. The molecule has 1 aliphatic carbocycles. The van der Waals surface area contributed by atoms with Gasteiger partial charge >= 0.3 is 5.97 Å². The summed E-state index contributed by atoms with van der Waals surface area (Å²) in [4.78, 5) is 12.2. The molecule has 39 heavy (non-hydrogen) atoms. The Morgan fingerprint density at radius 3 is 1.85 bits per heavy atom. The maximum Gasteiger partial charge on any atom is 0.311 e. The van der Waals surface area contributed by atoms with Gasteiger partial charge in [0.25, 0.3) is 0 Å². The molecule has 0 N–H and O–H groups in total. The molecule has 0 aromatic heterocycles. The van der Waals surface area contributed by atoms with Gasteiger partial charge in [-0.2, -0.15) is 5.26 Å². The lowest BCUT2D eigenvalue weighted by atomic mass is 9.67. The molecule has 0 amide bonds. The van der Waals surface area contributed by atoms with Gasteiger partial charge in [-0.1, -0.05) is 121 Å². The third kappa shape index (κ3) is 10.5. The van der Waals surface area contributed by atoms with Crippen molar-refractivity contribution in [2.75, 3.05) is 0 Å². The number of unbranched alkanes of at least 4 members (excludes halogenated alkanes) is 10. The van der Waals surface area contributed by atoms with Crippen LogP contribution in [0.2, 0.25) is 0 Å². The van der Waals surface area contributed by atoms with E-state index in [1.807, 2.05) is 24.3 Å². The van der Waals surface area contributed by atoms with Crippen LogP contribution in [0.15, 0.2) is 48.5 Å². The molecule has 0 atom stereocenters. The molecule has 0 unspecified atom stereocenters. The first-order chi connectivity index (χ1) is 19.1. The average molecular weight is 530 g/mol. The van der Waals surface area contributed by atoms with Crippen LogP contribution in [0.25, 0.3) is 11.1 Å². The van der Waals surface area contributed by atoms with E-state index in [0.717, 1.165) is 50.5 Å². The molecule has 212 valence electrons. The quantitative estimate of drug-likeness (QED) is 0.116. The van der Waals surface area contributed by atoms with E-state index in [0.29, 0.717) is 18.1 Å². The Labute approximate surface area is 238 Å². The molecule has 0 aliphatic heterocycles. The zero-order valence-electron chi connectivity index (χ0n) is 24.7. The minimum Gasteiger partial charge on any atom is -0.427 e. The normalized spacial score (nSPS) is 18.9. The molecule has 0 radical (unpaired) electrons. The van der Waals surface area contributed by atoms with Crippen LogP contribution in [0.4, 0.5) is 0 Å². The Morgan fingerprint density at radius 1 is 0.769 bits per heavy atom. The highest BCUT2D eigenvalue weighted by Crippen LogP contribution is 2.46. The third-order valence-corrected chi connectivity index (χ3v) is 8.72. The first-order valence-electron chi connectivity index (χ1n) is 15.9. The lowest BCUT2D eigenvalue weighted by Crippen LogP contribution is -2.25. The SMILES string of the molecule is CCCCCCCCC(=O)Oc1ccc(-c2ccc([C@H]3CC[C@@](C#N)(CCCCCCCC)CC3)cc2)cc1. The van der Waals surface area contributed by atoms with Gasteiger partial charge in [-0.3, -0.25) is 4.79 Å². The number of carbonyl (C=O) groups is 1. The van der Waals surface area contributed by atoms with Crippen LogP contribution in [0.3, 0.4) is 0 Å². The smallest absolute Gasteiger partial charge is 0.311 e. The standard InChI is InChI=1S/C36H51NO2/c1-3-5-7-9-11-13-15-35(38)39-34-22-20-32(21-23-34)30-16-18-31(19-17-30)33-24-27-36(29-37,28-25-33)26-14-12-10-8-6-4-2/h16-23,33H,3-15,24-28H2,1-2H3/t33-,36-. The molecule has 0 saturated heterocycles. The van der Waals surface area contributed by atoms with Crippen molar-refractivity contribution in [2.45, 2.75) is 135 Å². The predicted octanol–water partition coefficient (Wildman–Crippen LogP) is 10.9. The molecule has 1 fully saturated rings. The minimum atomic E-state index is -0.137. The largest absolute Gasteiger partial charge is 0.427 e. The van der Waals surface area contributed by atoms with Gasteiger partial charge in [0.2, 0.25) is 0 Å². The fourth-order valence-electron chi connectivity index (χ4n) is 6.06. The number of carbonyl (C=O) groups excluding carboxylic acids is 1. The predicted molar refractivity (Wildman–Crippen MR) is 163 cm³/mol. The average Bonchev–Trinajstić information content (AvgIpc) is 2.97. The van der Waals surface area contributed by atoms with Gasteiger partial charge in [-0.25, -0.2) is 0 Å². The molecule has 3 rings (SSSR count). The molecule has 3 nitrogen and oxygen atoms in total. The van der Waals surface area contributed by atoms with Crippen molar-refractivity contribution >= 4 is 5.97 Å². The fraction of sp³-hybridized carbons (Fsp3) is 0.611. The summed E-state index contributed by atoms with van der Waals surface area (Å²) in [6.07, 6.45) is 20.6. The highest BCUT2D eigenvalue weighted by Gasteiger charge is 2.35. The van der Waals surface area contributed by atoms with Gasteiger partial charge < -0.3 is 4.74 Å². The van der Waals surface area contributed by atoms with Gasteiger partial charge in [0.15, 0.2) is 0 Å². The number of ether oxygens (including phenoxy) is 1. The summed E-state index contributed by atoms with van der Waals surface area (Å²) in [7, 11) is 0. The third-order valence-electron chi connectivity index (χ3n) is 8.72. The minimum absolute atomic E-state index is 0.0962. The van der Waals surface area contributed by atoms with Crippen molar-refractivity contribution in [3.63, 3.8) is 0 Å². The summed E-state index contributed by atoms with van der Waals surface area (Å²) in [5.41, 5.74) is 3.60. The molecule has 0 heterocycles. The van der Waals surface area contributed by atoms with Gasteiger partial charge in [0.1, 0.15) is 5.75 Å². The van der Waals surface area contributed by atoms with Crippen molar-refractivity contribution < 1.29 is 9.53 Å². The van der Waals surface area contributed by atoms with Crippen molar-refractivity contribution in [1.29, 1.82) is 5.26 Å². The Kier molecular flexibility index (Phi) is 13.6. The Hall–Kier alpha value is -2.60. The van der Waals surface area contributed by atoms with Crippen LogP contribution in [0, 0.1) is 16.7 Å². The van der Waals surface area contributed by atoms with E-state index < -0.39 is 0 Å². The molecular formula is C36H51NO2. The number of esters is 1. The van der Waals surface area contributed by atoms with Gasteiger partial charge in [0, 0.05) is 6.42 Å². The number of rotatable bonds is 17. The Morgan fingerprint density at radius 2 is 1.28 bits per heavy atom. The van der Waals surface area contributed by atoms with Crippen LogP contribution in [-0.4, -0.2) is 5.97 Å². The van der Waals surface area contributed by atoms with E-state index in [-0.39, 0.29) is 11.4 Å². The number of nitrogens with zero attached hydrogens (tertiary/aromatic N) is 1. The van der Waals surface area contributed by atoms with Gasteiger partial charge in [0.05, 0.1) is 11.5 Å². The number of hydrogen-bond donors (Lipinski definition) is 0. The first kappa shape index (κ1) is 30.9. The van der Waals surface area contributed by atoms with Gasteiger partial charge in [-0.15, -0.1) is 0 Å². The van der Waals surface area contributed by atoms with Crippen LogP contribution in [-0.2, 0) is 4.79 Å². The highest BCUT2D eigenvalue weighted by atomic mass is 16.5. The lowest BCUT2D eigenvalue weighted by Gasteiger charge is -2.35. The molecular weight excluding hydrogens is 478 g/mol. The fourth-order valence-corrected chi connectivity index (χ4v) is 6.06. The summed E-state index contributed by atoms with van der Waals surface area (Å²) in [5, 5.41) is 9.97. The molecule has 3 heteroatoms. The van der Waals surface area contributed by atoms with E-state index in [4.69, 9.17) is 4.74 Å². The highest BCUT2D eigenvalue weighted by molar-refractivity contribution is 5.73. The molecule has 0 spiro atoms. The summed E-state index contributed by atoms with van der Waals surface area (Å²) >= 11 is 0. The Balaban J connectivity index is 1.43. The monoisotopic (exact) mass is 529 g/mol. The number of hydrogen-bond acceptors (Lipinski definition) is 3. The van der Waals surface area contributed by atoms with Crippen molar-refractivity contribution in [2.24, 2.45) is 5.41 Å². The maximum absolute atomic E-state index is 12.2. The van der Waals surface area contributed by atoms with Crippen molar-refractivity contribution in [1.82, 2.24) is 0 Å². The zero-order valence-corrected chi connectivity index (χ0v) is 24.7. The second-order valence-electron chi connectivity index (χ2n) is 11.8. The maximum atomic E-state index is 12.2. The van der Waals surface area contributed by atoms with E-state index >= 15 is 0 Å². The van der Waals surface area contributed by atoms with Gasteiger partial charge in [-0.05, 0) is 73.3 Å². The summed E-state index contributed by atoms with van der Waals surface area (Å²) in [5.74, 6) is 1.04. The topological polar surface area (TPSA) is 50.1 Å². The summed E-state index contributed by atoms with van der Waals surface area (Å²) in [6.45, 7) is 4.47. The van der Waals surface area contributed by atoms with Crippen LogP contribution < -0.4 is 4.74 Å². The number of nitriles is 1. The van der Waals surface area contributed by atoms with Crippen LogP contribution in [0.5, 0.6) is 5.75 Å². The molecule has 1 aliphatic rings. The first-order valence-corrected chi connectivity index (χ1v) is 15.9.